The van der Waals surface area contributed by atoms with Crippen LogP contribution in [-0.2, 0) is 17.7 Å². The predicted molar refractivity (Wildman–Crippen MR) is 45.6 cm³/mol. The van der Waals surface area contributed by atoms with E-state index >= 15 is 0 Å². The first kappa shape index (κ1) is 8.59. The smallest absolute Gasteiger partial charge is 0.152 e. The molecule has 1 unspecified atom stereocenters. The van der Waals surface area contributed by atoms with E-state index in [0.29, 0.717) is 0 Å². The molecule has 1 rings (SSSR count). The average Bonchev–Trinajstić information content (AvgIpc) is 2.05. The van der Waals surface area contributed by atoms with Crippen molar-refractivity contribution in [2.45, 2.75) is 11.4 Å². The summed E-state index contributed by atoms with van der Waals surface area (Å²) in [4.78, 5) is 0.821. The Bertz CT molecular complexity index is 220. The zero-order valence-electron chi connectivity index (χ0n) is 6.33. The first-order chi connectivity index (χ1) is 5.24. The zero-order chi connectivity index (χ0) is 8.27. The Morgan fingerprint density at radius 1 is 1.36 bits per heavy atom. The quantitative estimate of drug-likeness (QED) is 0.612. The normalized spacial score (nSPS) is 13.0. The molecule has 0 amide bonds. The molecule has 1 N–H and O–H groups in total. The molecule has 0 heterocycles. The Morgan fingerprint density at radius 2 is 1.91 bits per heavy atom. The summed E-state index contributed by atoms with van der Waals surface area (Å²) in [5, 5.41) is 0. The fourth-order valence-corrected chi connectivity index (χ4v) is 1.32. The lowest BCUT2D eigenvalue weighted by molar-refractivity contribution is 0.601. The molecule has 1 radical (unpaired) electrons. The Kier molecular flexibility index (Phi) is 2.93. The van der Waals surface area contributed by atoms with Gasteiger partial charge in [-0.1, -0.05) is 12.1 Å². The van der Waals surface area contributed by atoms with Gasteiger partial charge in [0.15, 0.2) is 4.90 Å². The number of nitrogens with one attached hydrogen (secondary N) is 1. The minimum Gasteiger partial charge on any atom is -0.612 e. The van der Waals surface area contributed by atoms with Crippen LogP contribution in [0.15, 0.2) is 29.2 Å². The summed E-state index contributed by atoms with van der Waals surface area (Å²) in [6.07, 6.45) is 1.65. The Hall–Kier alpha value is -0.510. The fraction of sp³-hybridized carbons (Fsp3) is 0.250. The van der Waals surface area contributed by atoms with Gasteiger partial charge in [0.05, 0.1) is 0 Å². The van der Waals surface area contributed by atoms with E-state index in [1.807, 2.05) is 12.1 Å². The van der Waals surface area contributed by atoms with E-state index in [1.54, 1.807) is 18.4 Å². The highest BCUT2D eigenvalue weighted by Gasteiger charge is 2.01. The number of hydrogen-bond acceptors (Lipinski definition) is 1. The minimum atomic E-state index is -0.900. The van der Waals surface area contributed by atoms with Crippen molar-refractivity contribution in [1.29, 1.82) is 0 Å². The summed E-state index contributed by atoms with van der Waals surface area (Å²) in [5.41, 5.74) is 8.00. The third-order valence-electron chi connectivity index (χ3n) is 1.46. The van der Waals surface area contributed by atoms with Gasteiger partial charge in [0.2, 0.25) is 0 Å². The molecule has 0 aliphatic heterocycles. The van der Waals surface area contributed by atoms with Gasteiger partial charge in [0.1, 0.15) is 6.26 Å². The van der Waals surface area contributed by atoms with E-state index in [-0.39, 0.29) is 6.54 Å². The van der Waals surface area contributed by atoms with Gasteiger partial charge >= 0.3 is 0 Å². The second-order valence-corrected chi connectivity index (χ2v) is 3.65. The molecule has 11 heavy (non-hydrogen) atoms. The van der Waals surface area contributed by atoms with Gasteiger partial charge < -0.3 is 4.55 Å². The van der Waals surface area contributed by atoms with E-state index in [1.165, 1.54) is 0 Å². The maximum Gasteiger partial charge on any atom is 0.152 e. The summed E-state index contributed by atoms with van der Waals surface area (Å²) in [6.45, 7) is 0.288. The average molecular weight is 168 g/mol. The van der Waals surface area contributed by atoms with E-state index in [9.17, 15) is 4.55 Å². The maximum atomic E-state index is 10.9. The predicted octanol–water partition coefficient (Wildman–Crippen LogP) is 1.21. The van der Waals surface area contributed by atoms with Crippen molar-refractivity contribution in [1.82, 2.24) is 5.73 Å². The molecule has 0 aliphatic carbocycles. The lowest BCUT2D eigenvalue weighted by Gasteiger charge is -2.03. The van der Waals surface area contributed by atoms with Gasteiger partial charge in [-0.3, -0.25) is 5.73 Å². The molecule has 0 saturated carbocycles. The summed E-state index contributed by atoms with van der Waals surface area (Å²) in [6, 6.07) is 7.29. The van der Waals surface area contributed by atoms with E-state index in [2.05, 4.69) is 0 Å². The molecule has 1 aromatic carbocycles. The van der Waals surface area contributed by atoms with E-state index in [4.69, 9.17) is 5.73 Å². The van der Waals surface area contributed by atoms with Crippen molar-refractivity contribution in [3.63, 3.8) is 0 Å². The molecule has 0 aliphatic rings. The molecule has 59 valence electrons. The highest BCUT2D eigenvalue weighted by molar-refractivity contribution is 7.90. The van der Waals surface area contributed by atoms with E-state index in [0.717, 1.165) is 10.5 Å². The largest absolute Gasteiger partial charge is 0.612 e. The molecule has 1 atom stereocenters. The second-order valence-electron chi connectivity index (χ2n) is 2.27. The highest BCUT2D eigenvalue weighted by atomic mass is 32.2. The maximum absolute atomic E-state index is 10.9. The molecule has 0 spiro atoms. The van der Waals surface area contributed by atoms with Crippen molar-refractivity contribution in [3.05, 3.63) is 29.8 Å². The van der Waals surface area contributed by atoms with Crippen LogP contribution in [0.4, 0.5) is 0 Å². The molecule has 3 heteroatoms. The van der Waals surface area contributed by atoms with E-state index < -0.39 is 11.2 Å². The zero-order valence-corrected chi connectivity index (χ0v) is 7.15. The first-order valence-electron chi connectivity index (χ1n) is 3.31. The van der Waals surface area contributed by atoms with Crippen LogP contribution in [0.5, 0.6) is 0 Å². The van der Waals surface area contributed by atoms with Crippen molar-refractivity contribution in [2.24, 2.45) is 0 Å². The van der Waals surface area contributed by atoms with Gasteiger partial charge in [0, 0.05) is 6.54 Å². The minimum absolute atomic E-state index is 0.288. The lowest BCUT2D eigenvalue weighted by atomic mass is 10.2. The second kappa shape index (κ2) is 3.76. The molecule has 1 aromatic rings. The van der Waals surface area contributed by atoms with Crippen LogP contribution in [0.1, 0.15) is 5.56 Å². The van der Waals surface area contributed by atoms with Gasteiger partial charge in [-0.2, -0.15) is 0 Å². The van der Waals surface area contributed by atoms with Crippen LogP contribution in [0.25, 0.3) is 0 Å². The van der Waals surface area contributed by atoms with Crippen LogP contribution in [0, 0.1) is 0 Å². The highest BCUT2D eigenvalue weighted by Crippen LogP contribution is 2.09. The van der Waals surface area contributed by atoms with Gasteiger partial charge in [-0.25, -0.2) is 0 Å². The molecular formula is C8H10NOS. The molecule has 2 nitrogen and oxygen atoms in total. The number of rotatable bonds is 2. The van der Waals surface area contributed by atoms with Crippen molar-refractivity contribution in [2.75, 3.05) is 6.26 Å². The Balaban J connectivity index is 2.83. The fourth-order valence-electron chi connectivity index (χ4n) is 0.799. The third kappa shape index (κ3) is 2.22. The lowest BCUT2D eigenvalue weighted by Crippen LogP contribution is -1.96. The topological polar surface area (TPSA) is 46.9 Å². The molecule has 0 saturated heterocycles. The summed E-state index contributed by atoms with van der Waals surface area (Å²) in [7, 11) is 0. The van der Waals surface area contributed by atoms with Gasteiger partial charge in [0.25, 0.3) is 0 Å². The van der Waals surface area contributed by atoms with Crippen LogP contribution in [-0.4, -0.2) is 10.8 Å². The molecule has 0 fully saturated rings. The molecule has 0 aromatic heterocycles. The van der Waals surface area contributed by atoms with Crippen LogP contribution in [0.2, 0.25) is 0 Å². The van der Waals surface area contributed by atoms with Gasteiger partial charge in [-0.05, 0) is 28.9 Å². The van der Waals surface area contributed by atoms with Crippen LogP contribution >= 0.6 is 0 Å². The third-order valence-corrected chi connectivity index (χ3v) is 2.40. The van der Waals surface area contributed by atoms with Crippen LogP contribution in [0.3, 0.4) is 0 Å². The van der Waals surface area contributed by atoms with Crippen LogP contribution < -0.4 is 5.73 Å². The first-order valence-corrected chi connectivity index (χ1v) is 4.87. The summed E-state index contributed by atoms with van der Waals surface area (Å²) in [5.74, 6) is 0. The number of hydrogen-bond donors (Lipinski definition) is 0. The monoisotopic (exact) mass is 168 g/mol. The Morgan fingerprint density at radius 3 is 2.27 bits per heavy atom. The SMILES string of the molecule is C[S+]([O-])c1ccc(C[NH])cc1. The van der Waals surface area contributed by atoms with Crippen molar-refractivity contribution >= 4 is 11.2 Å². The summed E-state index contributed by atoms with van der Waals surface area (Å²) < 4.78 is 10.9. The standard InChI is InChI=1S/C8H10NOS/c1-11(10)8-4-2-7(6-9)3-5-8/h2-5,9H,6H2,1H3. The summed E-state index contributed by atoms with van der Waals surface area (Å²) >= 11 is -0.900. The van der Waals surface area contributed by atoms with Crippen molar-refractivity contribution in [3.8, 4) is 0 Å². The Labute approximate surface area is 69.6 Å². The molecule has 0 bridgehead atoms. The van der Waals surface area contributed by atoms with Gasteiger partial charge in [-0.15, -0.1) is 0 Å². The molecular weight excluding hydrogens is 158 g/mol. The van der Waals surface area contributed by atoms with Crippen molar-refractivity contribution < 1.29 is 4.55 Å². The number of benzene rings is 1.